The van der Waals surface area contributed by atoms with Gasteiger partial charge in [-0.1, -0.05) is 31.0 Å². The van der Waals surface area contributed by atoms with Crippen LogP contribution in [0, 0.1) is 0 Å². The average Bonchev–Trinajstić information content (AvgIpc) is 2.57. The van der Waals surface area contributed by atoms with Crippen molar-refractivity contribution in [3.05, 3.63) is 49.2 Å². The molecule has 3 N–H and O–H groups in total. The molecule has 0 heterocycles. The Morgan fingerprint density at radius 2 is 2.17 bits per heavy atom. The lowest BCUT2D eigenvalue weighted by Crippen LogP contribution is -2.02. The number of nitrogens with zero attached hydrogens (tertiary/aromatic N) is 2. The minimum atomic E-state index is 0.559. The molecule has 0 spiro atoms. The third-order valence-corrected chi connectivity index (χ3v) is 4.69. The monoisotopic (exact) mass is 362 g/mol. The standard InChI is InChI=1S/C17H22N4OS2/c1-6-7-8-20-13(3)23-17-15(18)9-14(12(2)22-5)10-16(17)24-21-11-19-4/h6-11H,1-2,18H2,3-5H3,(H,19,21)/b8-7-,20-13?. The van der Waals surface area contributed by atoms with E-state index >= 15 is 0 Å². The van der Waals surface area contributed by atoms with Crippen molar-refractivity contribution >= 4 is 46.5 Å². The van der Waals surface area contributed by atoms with E-state index in [2.05, 4.69) is 27.9 Å². The Hall–Kier alpha value is -2.12. The molecule has 1 aromatic rings. The molecule has 0 aliphatic rings. The van der Waals surface area contributed by atoms with Gasteiger partial charge in [-0.15, -0.1) is 0 Å². The molecule has 0 aromatic heterocycles. The van der Waals surface area contributed by atoms with Crippen LogP contribution in [-0.2, 0) is 4.74 Å². The highest BCUT2D eigenvalue weighted by Crippen LogP contribution is 2.37. The molecule has 1 rings (SSSR count). The molecule has 1 aromatic carbocycles. The molecule has 0 bridgehead atoms. The van der Waals surface area contributed by atoms with Crippen molar-refractivity contribution in [2.75, 3.05) is 19.9 Å². The molecule has 0 fully saturated rings. The van der Waals surface area contributed by atoms with Crippen LogP contribution in [0.1, 0.15) is 12.5 Å². The van der Waals surface area contributed by atoms with Crippen LogP contribution in [-0.4, -0.2) is 25.5 Å². The van der Waals surface area contributed by atoms with Crippen molar-refractivity contribution in [3.63, 3.8) is 0 Å². The third kappa shape index (κ3) is 6.17. The topological polar surface area (TPSA) is 72.0 Å². The van der Waals surface area contributed by atoms with E-state index in [1.165, 1.54) is 23.7 Å². The maximum absolute atomic E-state index is 6.24. The lowest BCUT2D eigenvalue weighted by molar-refractivity contribution is 0.371. The molecule has 0 aliphatic carbocycles. The lowest BCUT2D eigenvalue weighted by atomic mass is 10.2. The number of nitrogen functional groups attached to an aromatic ring is 1. The van der Waals surface area contributed by atoms with Crippen molar-refractivity contribution in [2.45, 2.75) is 16.7 Å². The zero-order valence-corrected chi connectivity index (χ0v) is 15.7. The molecule has 0 amide bonds. The maximum atomic E-state index is 6.24. The molecule has 0 unspecified atom stereocenters. The number of methoxy groups -OCH3 is 1. The fourth-order valence-electron chi connectivity index (χ4n) is 1.61. The van der Waals surface area contributed by atoms with Gasteiger partial charge in [0.05, 0.1) is 23.4 Å². The summed E-state index contributed by atoms with van der Waals surface area (Å²) in [5.74, 6) is 0.559. The lowest BCUT2D eigenvalue weighted by Gasteiger charge is -2.14. The smallest absolute Gasteiger partial charge is 0.119 e. The van der Waals surface area contributed by atoms with Crippen LogP contribution in [0.15, 0.2) is 63.4 Å². The number of allylic oxidation sites excluding steroid dienone is 2. The van der Waals surface area contributed by atoms with Crippen LogP contribution in [0.2, 0.25) is 0 Å². The second kappa shape index (κ2) is 10.6. The number of thioether (sulfide) groups is 1. The quantitative estimate of drug-likeness (QED) is 0.137. The minimum absolute atomic E-state index is 0.559. The summed E-state index contributed by atoms with van der Waals surface area (Å²) in [6.07, 6.45) is 6.76. The van der Waals surface area contributed by atoms with E-state index in [0.717, 1.165) is 20.4 Å². The SMILES string of the molecule is C=C/C=C\N=C(C)Sc1c(N)cc(C(=C)OC)cc1SNC=NC. The van der Waals surface area contributed by atoms with Gasteiger partial charge in [-0.25, -0.2) is 0 Å². The van der Waals surface area contributed by atoms with Gasteiger partial charge in [-0.2, -0.15) is 0 Å². The van der Waals surface area contributed by atoms with Gasteiger partial charge in [-0.3, -0.25) is 9.98 Å². The highest BCUT2D eigenvalue weighted by Gasteiger charge is 2.13. The largest absolute Gasteiger partial charge is 0.497 e. The first-order chi connectivity index (χ1) is 11.5. The van der Waals surface area contributed by atoms with Crippen molar-refractivity contribution in [2.24, 2.45) is 9.98 Å². The van der Waals surface area contributed by atoms with E-state index in [1.807, 2.05) is 19.1 Å². The van der Waals surface area contributed by atoms with Crippen molar-refractivity contribution in [1.29, 1.82) is 0 Å². The summed E-state index contributed by atoms with van der Waals surface area (Å²) in [5.41, 5.74) is 7.71. The second-order valence-corrected chi connectivity index (χ2v) is 6.54. The Morgan fingerprint density at radius 3 is 2.79 bits per heavy atom. The van der Waals surface area contributed by atoms with Gasteiger partial charge in [0, 0.05) is 29.4 Å². The summed E-state index contributed by atoms with van der Waals surface area (Å²) >= 11 is 2.91. The van der Waals surface area contributed by atoms with Gasteiger partial charge in [-0.05, 0) is 37.1 Å². The number of aliphatic imine (C=N–C) groups is 2. The zero-order valence-electron chi connectivity index (χ0n) is 14.1. The van der Waals surface area contributed by atoms with Gasteiger partial charge >= 0.3 is 0 Å². The number of nitrogens with one attached hydrogen (secondary N) is 1. The Kier molecular flexibility index (Phi) is 8.81. The number of hydrogen-bond acceptors (Lipinski definition) is 6. The number of ether oxygens (including phenoxy) is 1. The molecule has 7 heteroatoms. The Labute approximate surface area is 152 Å². The van der Waals surface area contributed by atoms with Gasteiger partial charge in [0.25, 0.3) is 0 Å². The fourth-order valence-corrected chi connectivity index (χ4v) is 3.29. The van der Waals surface area contributed by atoms with Gasteiger partial charge in [0.15, 0.2) is 0 Å². The Morgan fingerprint density at radius 1 is 1.42 bits per heavy atom. The average molecular weight is 363 g/mol. The fraction of sp³-hybridized carbons (Fsp3) is 0.176. The van der Waals surface area contributed by atoms with E-state index in [-0.39, 0.29) is 0 Å². The minimum Gasteiger partial charge on any atom is -0.497 e. The van der Waals surface area contributed by atoms with Crippen molar-refractivity contribution in [1.82, 2.24) is 4.72 Å². The van der Waals surface area contributed by atoms with E-state index in [0.29, 0.717) is 11.4 Å². The number of hydrogen-bond donors (Lipinski definition) is 2. The highest BCUT2D eigenvalue weighted by atomic mass is 32.2. The normalized spacial score (nSPS) is 11.9. The second-order valence-electron chi connectivity index (χ2n) is 4.45. The molecule has 5 nitrogen and oxygen atoms in total. The van der Waals surface area contributed by atoms with E-state index < -0.39 is 0 Å². The number of benzene rings is 1. The first kappa shape index (κ1) is 19.9. The molecular weight excluding hydrogens is 340 g/mol. The summed E-state index contributed by atoms with van der Waals surface area (Å²) in [7, 11) is 3.28. The first-order valence-electron chi connectivity index (χ1n) is 7.03. The summed E-state index contributed by atoms with van der Waals surface area (Å²) < 4.78 is 8.25. The van der Waals surface area contributed by atoms with Crippen LogP contribution in [0.4, 0.5) is 5.69 Å². The third-order valence-electron chi connectivity index (χ3n) is 2.73. The van der Waals surface area contributed by atoms with Crippen LogP contribution >= 0.6 is 23.7 Å². The van der Waals surface area contributed by atoms with Crippen LogP contribution in [0.5, 0.6) is 0 Å². The van der Waals surface area contributed by atoms with Crippen LogP contribution in [0.25, 0.3) is 5.76 Å². The molecule has 128 valence electrons. The summed E-state index contributed by atoms with van der Waals surface area (Å²) in [5, 5.41) is 0.865. The number of anilines is 1. The van der Waals surface area contributed by atoms with Crippen LogP contribution < -0.4 is 10.5 Å². The molecular formula is C17H22N4OS2. The van der Waals surface area contributed by atoms with E-state index in [1.54, 1.807) is 38.8 Å². The molecule has 0 atom stereocenters. The van der Waals surface area contributed by atoms with Crippen LogP contribution in [0.3, 0.4) is 0 Å². The predicted octanol–water partition coefficient (Wildman–Crippen LogP) is 4.35. The summed E-state index contributed by atoms with van der Waals surface area (Å²) in [4.78, 5) is 10.1. The Bertz CT molecular complexity index is 681. The maximum Gasteiger partial charge on any atom is 0.119 e. The van der Waals surface area contributed by atoms with Gasteiger partial charge in [0.1, 0.15) is 5.76 Å². The van der Waals surface area contributed by atoms with Gasteiger partial charge in [0.2, 0.25) is 0 Å². The van der Waals surface area contributed by atoms with Crippen molar-refractivity contribution < 1.29 is 4.74 Å². The van der Waals surface area contributed by atoms with Crippen molar-refractivity contribution in [3.8, 4) is 0 Å². The predicted molar refractivity (Wildman–Crippen MR) is 109 cm³/mol. The molecule has 0 radical (unpaired) electrons. The number of nitrogens with two attached hydrogens (primary N) is 1. The molecule has 0 saturated carbocycles. The summed E-state index contributed by atoms with van der Waals surface area (Å²) in [6, 6.07) is 3.82. The highest BCUT2D eigenvalue weighted by molar-refractivity contribution is 8.14. The zero-order chi connectivity index (χ0) is 17.9. The van der Waals surface area contributed by atoms with E-state index in [4.69, 9.17) is 10.5 Å². The first-order valence-corrected chi connectivity index (χ1v) is 8.66. The van der Waals surface area contributed by atoms with E-state index in [9.17, 15) is 0 Å². The molecule has 0 aliphatic heterocycles. The Balaban J connectivity index is 3.19. The summed E-state index contributed by atoms with van der Waals surface area (Å²) in [6.45, 7) is 9.42. The number of rotatable bonds is 8. The van der Waals surface area contributed by atoms with Gasteiger partial charge < -0.3 is 15.2 Å². The molecule has 0 saturated heterocycles. The molecule has 24 heavy (non-hydrogen) atoms.